The number of sulfonamides is 1. The molecule has 0 atom stereocenters. The van der Waals surface area contributed by atoms with E-state index in [9.17, 15) is 18.5 Å². The first-order valence-corrected chi connectivity index (χ1v) is 11.0. The van der Waals surface area contributed by atoms with E-state index < -0.39 is 16.0 Å². The third-order valence-electron chi connectivity index (χ3n) is 3.88. The monoisotopic (exact) mass is 463 g/mol. The molecule has 0 saturated carbocycles. The Bertz CT molecular complexity index is 1250. The third-order valence-corrected chi connectivity index (χ3v) is 6.61. The molecule has 11 heteroatoms. The number of rotatable bonds is 7. The molecule has 0 bridgehead atoms. The van der Waals surface area contributed by atoms with Crippen molar-refractivity contribution >= 4 is 44.1 Å². The molecule has 30 heavy (non-hydrogen) atoms. The fraction of sp³-hybridized carbons (Fsp3) is 0.105. The molecule has 2 N–H and O–H groups in total. The Morgan fingerprint density at radius 3 is 2.63 bits per heavy atom. The van der Waals surface area contributed by atoms with Crippen molar-refractivity contribution < 1.29 is 23.1 Å². The molecular formula is C19H14ClN3O5S2. The highest BCUT2D eigenvalue weighted by atomic mass is 35.5. The molecule has 0 spiro atoms. The quantitative estimate of drug-likeness (QED) is 0.537. The molecular weight excluding hydrogens is 450 g/mol. The summed E-state index contributed by atoms with van der Waals surface area (Å²) in [6.07, 6.45) is -0.287. The van der Waals surface area contributed by atoms with Gasteiger partial charge in [0.15, 0.2) is 5.13 Å². The zero-order valence-corrected chi connectivity index (χ0v) is 17.8. The van der Waals surface area contributed by atoms with Crippen LogP contribution in [0, 0.1) is 18.3 Å². The summed E-state index contributed by atoms with van der Waals surface area (Å²) < 4.78 is 33.2. The predicted molar refractivity (Wildman–Crippen MR) is 112 cm³/mol. The van der Waals surface area contributed by atoms with Crippen LogP contribution in [-0.2, 0) is 21.2 Å². The smallest absolute Gasteiger partial charge is 0.309 e. The standard InChI is InChI=1S/C19H14ClN3O5S2/c1-11-16(9-18(24)25)22-19(29-11)23-30(26,27)13-7-5-12(6-8-13)28-17-4-2-3-15(20)14(17)10-21/h2-8H,9H2,1H3,(H,22,23)(H,24,25). The van der Waals surface area contributed by atoms with Crippen LogP contribution in [0.25, 0.3) is 0 Å². The molecule has 0 radical (unpaired) electrons. The van der Waals surface area contributed by atoms with E-state index in [4.69, 9.17) is 21.4 Å². The van der Waals surface area contributed by atoms with E-state index in [0.29, 0.717) is 16.3 Å². The maximum Gasteiger partial charge on any atom is 0.309 e. The van der Waals surface area contributed by atoms with E-state index in [1.807, 2.05) is 6.07 Å². The minimum Gasteiger partial charge on any atom is -0.481 e. The van der Waals surface area contributed by atoms with Crippen LogP contribution in [-0.4, -0.2) is 24.5 Å². The van der Waals surface area contributed by atoms with Crippen molar-refractivity contribution in [2.75, 3.05) is 4.72 Å². The Hall–Kier alpha value is -3.13. The largest absolute Gasteiger partial charge is 0.481 e. The number of halogens is 1. The number of aryl methyl sites for hydroxylation is 1. The number of nitrogens with one attached hydrogen (secondary N) is 1. The minimum atomic E-state index is -3.93. The summed E-state index contributed by atoms with van der Waals surface area (Å²) in [5, 5.41) is 18.4. The molecule has 1 aromatic heterocycles. The summed E-state index contributed by atoms with van der Waals surface area (Å²) in [6, 6.07) is 12.3. The lowest BCUT2D eigenvalue weighted by Gasteiger charge is -2.09. The molecule has 0 fully saturated rings. The summed E-state index contributed by atoms with van der Waals surface area (Å²) in [6.45, 7) is 1.67. The van der Waals surface area contributed by atoms with Gasteiger partial charge in [-0.05, 0) is 43.3 Å². The number of carboxylic acid groups (broad SMARTS) is 1. The molecule has 2 aromatic carbocycles. The summed E-state index contributed by atoms with van der Waals surface area (Å²) in [7, 11) is -3.93. The van der Waals surface area contributed by atoms with Crippen molar-refractivity contribution in [2.24, 2.45) is 0 Å². The Labute approximate surface area is 181 Å². The van der Waals surface area contributed by atoms with Crippen molar-refractivity contribution in [3.05, 3.63) is 63.6 Å². The molecule has 0 amide bonds. The second kappa shape index (κ2) is 8.71. The van der Waals surface area contributed by atoms with Crippen LogP contribution in [0.2, 0.25) is 5.02 Å². The van der Waals surface area contributed by atoms with Gasteiger partial charge in [0.2, 0.25) is 0 Å². The van der Waals surface area contributed by atoms with Crippen LogP contribution in [0.3, 0.4) is 0 Å². The topological polar surface area (TPSA) is 129 Å². The van der Waals surface area contributed by atoms with Crippen LogP contribution in [0.1, 0.15) is 16.1 Å². The molecule has 0 saturated heterocycles. The minimum absolute atomic E-state index is 0.0333. The van der Waals surface area contributed by atoms with Crippen LogP contribution < -0.4 is 9.46 Å². The third kappa shape index (κ3) is 4.88. The number of hydrogen-bond donors (Lipinski definition) is 2. The Morgan fingerprint density at radius 2 is 2.00 bits per heavy atom. The molecule has 0 aliphatic heterocycles. The van der Waals surface area contributed by atoms with Crippen molar-refractivity contribution in [2.45, 2.75) is 18.2 Å². The number of ether oxygens (including phenoxy) is 1. The number of thiazole rings is 1. The number of carboxylic acids is 1. The zero-order chi connectivity index (χ0) is 21.9. The van der Waals surface area contributed by atoms with Gasteiger partial charge in [-0.15, -0.1) is 11.3 Å². The van der Waals surface area contributed by atoms with Crippen molar-refractivity contribution in [3.63, 3.8) is 0 Å². The first-order valence-electron chi connectivity index (χ1n) is 8.37. The van der Waals surface area contributed by atoms with E-state index in [1.54, 1.807) is 25.1 Å². The highest BCUT2D eigenvalue weighted by Crippen LogP contribution is 2.31. The van der Waals surface area contributed by atoms with E-state index in [-0.39, 0.29) is 32.8 Å². The Balaban J connectivity index is 1.78. The number of anilines is 1. The number of aromatic nitrogens is 1. The van der Waals surface area contributed by atoms with E-state index in [2.05, 4.69) is 9.71 Å². The van der Waals surface area contributed by atoms with E-state index in [0.717, 1.165) is 11.3 Å². The lowest BCUT2D eigenvalue weighted by molar-refractivity contribution is -0.136. The fourth-order valence-electron chi connectivity index (χ4n) is 2.46. The molecule has 3 rings (SSSR count). The van der Waals surface area contributed by atoms with Crippen molar-refractivity contribution in [1.29, 1.82) is 5.26 Å². The molecule has 8 nitrogen and oxygen atoms in total. The summed E-state index contributed by atoms with van der Waals surface area (Å²) in [5.74, 6) is -0.475. The van der Waals surface area contributed by atoms with Gasteiger partial charge in [0.05, 0.1) is 22.0 Å². The van der Waals surface area contributed by atoms with Crippen LogP contribution in [0.15, 0.2) is 47.4 Å². The first kappa shape index (κ1) is 21.6. The molecule has 154 valence electrons. The molecule has 0 unspecified atom stereocenters. The second-order valence-electron chi connectivity index (χ2n) is 6.00. The van der Waals surface area contributed by atoms with Gasteiger partial charge in [-0.2, -0.15) is 5.26 Å². The maximum atomic E-state index is 12.6. The van der Waals surface area contributed by atoms with Crippen molar-refractivity contribution in [3.8, 4) is 17.6 Å². The lowest BCUT2D eigenvalue weighted by Crippen LogP contribution is -2.13. The van der Waals surface area contributed by atoms with Gasteiger partial charge >= 0.3 is 5.97 Å². The Kier molecular flexibility index (Phi) is 6.26. The number of hydrogen-bond acceptors (Lipinski definition) is 7. The average molecular weight is 464 g/mol. The van der Waals surface area contributed by atoms with Gasteiger partial charge in [0.1, 0.15) is 23.1 Å². The number of benzene rings is 2. The number of carbonyl (C=O) groups is 1. The maximum absolute atomic E-state index is 12.6. The second-order valence-corrected chi connectivity index (χ2v) is 9.29. The van der Waals surface area contributed by atoms with Gasteiger partial charge in [-0.3, -0.25) is 9.52 Å². The molecule has 3 aromatic rings. The highest BCUT2D eigenvalue weighted by Gasteiger charge is 2.19. The zero-order valence-electron chi connectivity index (χ0n) is 15.4. The molecule has 0 aliphatic rings. The van der Waals surface area contributed by atoms with Gasteiger partial charge in [0.25, 0.3) is 10.0 Å². The number of aliphatic carboxylic acids is 1. The number of nitrogens with zero attached hydrogens (tertiary/aromatic N) is 2. The summed E-state index contributed by atoms with van der Waals surface area (Å²) >= 11 is 7.03. The highest BCUT2D eigenvalue weighted by molar-refractivity contribution is 7.93. The summed E-state index contributed by atoms with van der Waals surface area (Å²) in [4.78, 5) is 15.5. The van der Waals surface area contributed by atoms with Crippen LogP contribution >= 0.6 is 22.9 Å². The molecule has 1 heterocycles. The SMILES string of the molecule is Cc1sc(NS(=O)(=O)c2ccc(Oc3cccc(Cl)c3C#N)cc2)nc1CC(=O)O. The van der Waals surface area contributed by atoms with Crippen LogP contribution in [0.5, 0.6) is 11.5 Å². The average Bonchev–Trinajstić information content (AvgIpc) is 3.00. The van der Waals surface area contributed by atoms with E-state index >= 15 is 0 Å². The van der Waals surface area contributed by atoms with Crippen molar-refractivity contribution in [1.82, 2.24) is 4.98 Å². The first-order chi connectivity index (χ1) is 14.2. The van der Waals surface area contributed by atoms with E-state index in [1.165, 1.54) is 24.3 Å². The molecule has 0 aliphatic carbocycles. The normalized spacial score (nSPS) is 11.0. The van der Waals surface area contributed by atoms with Gasteiger partial charge in [-0.1, -0.05) is 17.7 Å². The summed E-state index contributed by atoms with van der Waals surface area (Å²) in [5.41, 5.74) is 0.484. The lowest BCUT2D eigenvalue weighted by atomic mass is 10.2. The van der Waals surface area contributed by atoms with Gasteiger partial charge in [-0.25, -0.2) is 13.4 Å². The van der Waals surface area contributed by atoms with Crippen LogP contribution in [0.4, 0.5) is 5.13 Å². The van der Waals surface area contributed by atoms with Gasteiger partial charge in [0, 0.05) is 4.88 Å². The van der Waals surface area contributed by atoms with Gasteiger partial charge < -0.3 is 9.84 Å². The fourth-order valence-corrected chi connectivity index (χ4v) is 4.74. The predicted octanol–water partition coefficient (Wildman–Crippen LogP) is 4.20. The number of nitriles is 1. The Morgan fingerprint density at radius 1 is 1.30 bits per heavy atom.